The van der Waals surface area contributed by atoms with Gasteiger partial charge in [0.25, 0.3) is 10.0 Å². The van der Waals surface area contributed by atoms with Crippen molar-refractivity contribution in [3.8, 4) is 5.75 Å². The van der Waals surface area contributed by atoms with Crippen LogP contribution in [-0.4, -0.2) is 37.3 Å². The molecule has 2 heterocycles. The van der Waals surface area contributed by atoms with Crippen LogP contribution in [0.15, 0.2) is 58.8 Å². The number of aromatic nitrogens is 2. The molecule has 1 atom stereocenters. The molecular formula is C26H30ClN5O4S2. The standard InChI is InChI=1S/C26H30ClN5O4S2/c1-16(2)12-19(28)26(33)29-14-17-6-4-7-18(13-17)15-32-20-8-5-9-21(36-3)24(20)25(30-32)31-38(34,35)23-11-10-22(27)37-23/h4-11,13,16,19H,12,14-15,28H2,1-3H3,(H,29,33)(H,30,31)/t19-/m1/s1. The monoisotopic (exact) mass is 575 g/mol. The Bertz CT molecular complexity index is 1550. The minimum absolute atomic E-state index is 0.0861. The molecule has 0 aliphatic rings. The summed E-state index contributed by atoms with van der Waals surface area (Å²) in [6.07, 6.45) is 0.618. The van der Waals surface area contributed by atoms with Crippen LogP contribution in [0.5, 0.6) is 5.75 Å². The number of carbonyl (C=O) groups is 1. The number of amides is 1. The van der Waals surface area contributed by atoms with Crippen molar-refractivity contribution in [1.29, 1.82) is 0 Å². The van der Waals surface area contributed by atoms with E-state index < -0.39 is 16.1 Å². The first-order valence-electron chi connectivity index (χ1n) is 12.0. The van der Waals surface area contributed by atoms with E-state index in [4.69, 9.17) is 22.1 Å². The number of nitrogens with zero attached hydrogens (tertiary/aromatic N) is 2. The number of hydrogen-bond donors (Lipinski definition) is 3. The van der Waals surface area contributed by atoms with Gasteiger partial charge >= 0.3 is 0 Å². The molecule has 0 aliphatic carbocycles. The largest absolute Gasteiger partial charge is 0.496 e. The number of anilines is 1. The van der Waals surface area contributed by atoms with Crippen molar-refractivity contribution in [1.82, 2.24) is 15.1 Å². The predicted molar refractivity (Wildman–Crippen MR) is 151 cm³/mol. The molecule has 9 nitrogen and oxygen atoms in total. The summed E-state index contributed by atoms with van der Waals surface area (Å²) in [5.74, 6) is 0.798. The number of methoxy groups -OCH3 is 1. The first-order chi connectivity index (χ1) is 18.1. The van der Waals surface area contributed by atoms with Crippen LogP contribution in [0, 0.1) is 5.92 Å². The maximum atomic E-state index is 13.0. The van der Waals surface area contributed by atoms with E-state index in [1.165, 1.54) is 19.2 Å². The number of fused-ring (bicyclic) bond motifs is 1. The molecule has 0 fully saturated rings. The highest BCUT2D eigenvalue weighted by molar-refractivity contribution is 7.94. The first-order valence-corrected chi connectivity index (χ1v) is 14.7. The van der Waals surface area contributed by atoms with Crippen LogP contribution in [0.25, 0.3) is 10.9 Å². The number of sulfonamides is 1. The first kappa shape index (κ1) is 27.9. The number of nitrogens with one attached hydrogen (secondary N) is 2. The van der Waals surface area contributed by atoms with Gasteiger partial charge in [0.15, 0.2) is 5.82 Å². The summed E-state index contributed by atoms with van der Waals surface area (Å²) < 4.78 is 36.3. The van der Waals surface area contributed by atoms with Crippen LogP contribution in [0.3, 0.4) is 0 Å². The van der Waals surface area contributed by atoms with Crippen molar-refractivity contribution in [2.24, 2.45) is 11.7 Å². The third-order valence-corrected chi connectivity index (χ3v) is 8.92. The van der Waals surface area contributed by atoms with Gasteiger partial charge in [-0.05, 0) is 47.7 Å². The number of benzene rings is 2. The second-order valence-electron chi connectivity index (χ2n) is 9.30. The van der Waals surface area contributed by atoms with Crippen molar-refractivity contribution in [2.75, 3.05) is 11.8 Å². The Morgan fingerprint density at radius 1 is 1.16 bits per heavy atom. The quantitative estimate of drug-likeness (QED) is 0.240. The minimum atomic E-state index is -3.90. The summed E-state index contributed by atoms with van der Waals surface area (Å²) >= 11 is 6.91. The van der Waals surface area contributed by atoms with E-state index in [-0.39, 0.29) is 15.9 Å². The zero-order valence-corrected chi connectivity index (χ0v) is 23.7. The highest BCUT2D eigenvalue weighted by Gasteiger charge is 2.23. The number of halogens is 1. The van der Waals surface area contributed by atoms with Crippen LogP contribution in [0.1, 0.15) is 31.4 Å². The average molecular weight is 576 g/mol. The zero-order valence-electron chi connectivity index (χ0n) is 21.3. The Morgan fingerprint density at radius 2 is 1.89 bits per heavy atom. The van der Waals surface area contributed by atoms with E-state index in [9.17, 15) is 13.2 Å². The third kappa shape index (κ3) is 6.47. The summed E-state index contributed by atoms with van der Waals surface area (Å²) in [5.41, 5.74) is 8.53. The zero-order chi connectivity index (χ0) is 27.4. The number of carbonyl (C=O) groups excluding carboxylic acids is 1. The van der Waals surface area contributed by atoms with Gasteiger partial charge in [-0.25, -0.2) is 8.42 Å². The fourth-order valence-electron chi connectivity index (χ4n) is 4.13. The number of thiophene rings is 1. The number of nitrogens with two attached hydrogens (primary N) is 1. The van der Waals surface area contributed by atoms with Crippen molar-refractivity contribution in [2.45, 2.75) is 43.6 Å². The predicted octanol–water partition coefficient (Wildman–Crippen LogP) is 4.60. The molecule has 0 radical (unpaired) electrons. The van der Waals surface area contributed by atoms with Gasteiger partial charge in [-0.2, -0.15) is 5.10 Å². The van der Waals surface area contributed by atoms with Crippen molar-refractivity contribution >= 4 is 55.6 Å². The van der Waals surface area contributed by atoms with Crippen LogP contribution in [0.2, 0.25) is 4.34 Å². The summed E-state index contributed by atoms with van der Waals surface area (Å²) in [5, 5.41) is 8.04. The molecule has 1 amide bonds. The number of hydrogen-bond acceptors (Lipinski definition) is 7. The Balaban J connectivity index is 1.59. The lowest BCUT2D eigenvalue weighted by Crippen LogP contribution is -2.41. The molecule has 0 aliphatic heterocycles. The molecule has 0 bridgehead atoms. The lowest BCUT2D eigenvalue weighted by Gasteiger charge is -2.14. The lowest BCUT2D eigenvalue weighted by molar-refractivity contribution is -0.122. The van der Waals surface area contributed by atoms with Gasteiger partial charge in [-0.3, -0.25) is 14.2 Å². The van der Waals surface area contributed by atoms with Crippen LogP contribution >= 0.6 is 22.9 Å². The second-order valence-corrected chi connectivity index (χ2v) is 12.9. The van der Waals surface area contributed by atoms with Gasteiger partial charge in [0, 0.05) is 6.54 Å². The Labute approximate surface area is 231 Å². The molecule has 38 heavy (non-hydrogen) atoms. The smallest absolute Gasteiger partial charge is 0.272 e. The van der Waals surface area contributed by atoms with Gasteiger partial charge in [-0.1, -0.05) is 55.8 Å². The fourth-order valence-corrected chi connectivity index (χ4v) is 6.62. The average Bonchev–Trinajstić information content (AvgIpc) is 3.46. The van der Waals surface area contributed by atoms with Gasteiger partial charge in [-0.15, -0.1) is 11.3 Å². The summed E-state index contributed by atoms with van der Waals surface area (Å²) in [6.45, 7) is 4.77. The Morgan fingerprint density at radius 3 is 2.58 bits per heavy atom. The van der Waals surface area contributed by atoms with Crippen molar-refractivity contribution in [3.05, 3.63) is 70.1 Å². The molecule has 0 unspecified atom stereocenters. The maximum Gasteiger partial charge on any atom is 0.272 e. The maximum absolute atomic E-state index is 13.0. The molecule has 2 aromatic carbocycles. The summed E-state index contributed by atoms with van der Waals surface area (Å²) in [4.78, 5) is 12.3. The van der Waals surface area contributed by atoms with Crippen LogP contribution < -0.4 is 20.5 Å². The van der Waals surface area contributed by atoms with E-state index in [1.807, 2.05) is 50.2 Å². The topological polar surface area (TPSA) is 128 Å². The molecule has 0 saturated heterocycles. The highest BCUT2D eigenvalue weighted by atomic mass is 35.5. The highest BCUT2D eigenvalue weighted by Crippen LogP contribution is 2.35. The molecule has 0 spiro atoms. The van der Waals surface area contributed by atoms with Crippen molar-refractivity contribution in [3.63, 3.8) is 0 Å². The molecule has 202 valence electrons. The molecule has 4 N–H and O–H groups in total. The summed E-state index contributed by atoms with van der Waals surface area (Å²) in [6, 6.07) is 15.6. The molecule has 4 rings (SSSR count). The molecule has 12 heteroatoms. The fraction of sp³-hybridized carbons (Fsp3) is 0.308. The van der Waals surface area contributed by atoms with E-state index in [2.05, 4.69) is 15.1 Å². The second kappa shape index (κ2) is 11.7. The minimum Gasteiger partial charge on any atom is -0.496 e. The van der Waals surface area contributed by atoms with Crippen LogP contribution in [-0.2, 0) is 27.9 Å². The molecular weight excluding hydrogens is 546 g/mol. The Hall–Kier alpha value is -3.12. The Kier molecular flexibility index (Phi) is 8.61. The van der Waals surface area contributed by atoms with Crippen LogP contribution in [0.4, 0.5) is 5.82 Å². The van der Waals surface area contributed by atoms with E-state index in [0.717, 1.165) is 22.5 Å². The SMILES string of the molecule is COc1cccc2c1c(NS(=O)(=O)c1ccc(Cl)s1)nn2Cc1cccc(CNC(=O)[C@H](N)CC(C)C)c1. The molecule has 2 aromatic heterocycles. The van der Waals surface area contributed by atoms with Gasteiger partial charge in [0.2, 0.25) is 5.91 Å². The van der Waals surface area contributed by atoms with E-state index in [1.54, 1.807) is 10.7 Å². The lowest BCUT2D eigenvalue weighted by atomic mass is 10.0. The summed E-state index contributed by atoms with van der Waals surface area (Å²) in [7, 11) is -2.38. The van der Waals surface area contributed by atoms with Crippen molar-refractivity contribution < 1.29 is 17.9 Å². The molecule has 0 saturated carbocycles. The van der Waals surface area contributed by atoms with Gasteiger partial charge in [0.05, 0.1) is 34.9 Å². The third-order valence-electron chi connectivity index (χ3n) is 5.86. The number of rotatable bonds is 11. The van der Waals surface area contributed by atoms with Gasteiger partial charge < -0.3 is 15.8 Å². The normalized spacial score (nSPS) is 12.6. The molecule has 4 aromatic rings. The van der Waals surface area contributed by atoms with E-state index >= 15 is 0 Å². The number of ether oxygens (including phenoxy) is 1. The van der Waals surface area contributed by atoms with Gasteiger partial charge in [0.1, 0.15) is 9.96 Å². The van der Waals surface area contributed by atoms with E-state index in [0.29, 0.717) is 46.4 Å².